The standard InChI is InChI=1S/C14H13IO4S/c1-11-7-8-14(20(16,17)19-15)13(9-11)18-10-12-5-3-2-4-6-12/h2-9H,10H2,1H3. The maximum atomic E-state index is 11.8. The summed E-state index contributed by atoms with van der Waals surface area (Å²) in [5, 5.41) is 0. The van der Waals surface area contributed by atoms with Crippen LogP contribution in [-0.2, 0) is 19.2 Å². The second kappa shape index (κ2) is 6.55. The van der Waals surface area contributed by atoms with Crippen molar-refractivity contribution in [2.45, 2.75) is 18.4 Å². The molecule has 4 nitrogen and oxygen atoms in total. The summed E-state index contributed by atoms with van der Waals surface area (Å²) < 4.78 is 33.8. The largest absolute Gasteiger partial charge is 0.487 e. The smallest absolute Gasteiger partial charge is 0.309 e. The molecule has 0 saturated heterocycles. The molecule has 0 fully saturated rings. The Balaban J connectivity index is 2.29. The molecule has 20 heavy (non-hydrogen) atoms. The third-order valence-corrected chi connectivity index (χ3v) is 5.15. The zero-order valence-electron chi connectivity index (χ0n) is 10.7. The molecule has 0 saturated carbocycles. The van der Waals surface area contributed by atoms with Gasteiger partial charge in [0.05, 0.1) is 0 Å². The van der Waals surface area contributed by atoms with Crippen molar-refractivity contribution in [3.05, 3.63) is 59.7 Å². The summed E-state index contributed by atoms with van der Waals surface area (Å²) in [6.45, 7) is 2.17. The summed E-state index contributed by atoms with van der Waals surface area (Å²) in [5.41, 5.74) is 1.88. The minimum absolute atomic E-state index is 0.0356. The molecular formula is C14H13IO4S. The monoisotopic (exact) mass is 404 g/mol. The van der Waals surface area contributed by atoms with Crippen LogP contribution in [0.15, 0.2) is 53.4 Å². The lowest BCUT2D eigenvalue weighted by molar-refractivity contribution is 0.297. The first kappa shape index (κ1) is 15.3. The third kappa shape index (κ3) is 3.71. The van der Waals surface area contributed by atoms with Crippen molar-refractivity contribution in [3.8, 4) is 5.75 Å². The topological polar surface area (TPSA) is 52.6 Å². The molecule has 0 unspecified atom stereocenters. The Kier molecular flexibility index (Phi) is 5.00. The van der Waals surface area contributed by atoms with Crippen LogP contribution in [0.4, 0.5) is 0 Å². The molecule has 0 spiro atoms. The van der Waals surface area contributed by atoms with Gasteiger partial charge in [-0.1, -0.05) is 36.4 Å². The number of halogens is 1. The van der Waals surface area contributed by atoms with Gasteiger partial charge in [0.15, 0.2) is 0 Å². The molecule has 0 atom stereocenters. The van der Waals surface area contributed by atoms with Gasteiger partial charge in [-0.3, -0.25) is 0 Å². The number of aryl methyl sites for hydroxylation is 1. The molecule has 0 N–H and O–H groups in total. The molecule has 6 heteroatoms. The predicted octanol–water partition coefficient (Wildman–Crippen LogP) is 3.63. The summed E-state index contributed by atoms with van der Waals surface area (Å²) in [6.07, 6.45) is 0. The van der Waals surface area contributed by atoms with Crippen molar-refractivity contribution < 1.29 is 15.7 Å². The lowest BCUT2D eigenvalue weighted by atomic mass is 10.2. The average Bonchev–Trinajstić information content (AvgIpc) is 2.46. The fourth-order valence-electron chi connectivity index (χ4n) is 1.70. The van der Waals surface area contributed by atoms with Crippen molar-refractivity contribution in [1.29, 1.82) is 0 Å². The minimum atomic E-state index is -3.79. The first-order chi connectivity index (χ1) is 9.53. The van der Waals surface area contributed by atoms with Crippen molar-refractivity contribution in [2.24, 2.45) is 0 Å². The van der Waals surface area contributed by atoms with Crippen LogP contribution >= 0.6 is 23.0 Å². The highest BCUT2D eigenvalue weighted by Crippen LogP contribution is 2.28. The van der Waals surface area contributed by atoms with Gasteiger partial charge in [-0.05, 0) is 30.2 Å². The average molecular weight is 404 g/mol. The Morgan fingerprint density at radius 3 is 2.45 bits per heavy atom. The molecule has 0 aliphatic carbocycles. The van der Waals surface area contributed by atoms with Gasteiger partial charge in [-0.2, -0.15) is 10.9 Å². The van der Waals surface area contributed by atoms with E-state index in [0.29, 0.717) is 12.4 Å². The lowest BCUT2D eigenvalue weighted by Crippen LogP contribution is -2.05. The molecule has 0 amide bonds. The second-order valence-corrected chi connectivity index (χ2v) is 6.79. The fourth-order valence-corrected chi connectivity index (χ4v) is 2.95. The van der Waals surface area contributed by atoms with Gasteiger partial charge in [-0.25, -0.2) is 0 Å². The Morgan fingerprint density at radius 2 is 1.80 bits per heavy atom. The van der Waals surface area contributed by atoms with Gasteiger partial charge in [0, 0.05) is 0 Å². The van der Waals surface area contributed by atoms with Crippen LogP contribution in [0, 0.1) is 6.92 Å². The number of benzene rings is 2. The van der Waals surface area contributed by atoms with Gasteiger partial charge in [0.1, 0.15) is 40.3 Å². The molecule has 2 rings (SSSR count). The SMILES string of the molecule is Cc1ccc(S(=O)(=O)OI)c(OCc2ccccc2)c1. The van der Waals surface area contributed by atoms with E-state index in [4.69, 9.17) is 4.74 Å². The molecule has 0 heterocycles. The summed E-state index contributed by atoms with van der Waals surface area (Å²) in [4.78, 5) is 0.0356. The molecule has 0 aliphatic rings. The normalized spacial score (nSPS) is 11.3. The second-order valence-electron chi connectivity index (χ2n) is 4.24. The molecular weight excluding hydrogens is 391 g/mol. The van der Waals surface area contributed by atoms with Crippen LogP contribution < -0.4 is 4.74 Å². The van der Waals surface area contributed by atoms with Crippen molar-refractivity contribution in [3.63, 3.8) is 0 Å². The number of rotatable bonds is 5. The molecule has 0 bridgehead atoms. The Bertz CT molecular complexity index is 684. The van der Waals surface area contributed by atoms with E-state index >= 15 is 0 Å². The van der Waals surface area contributed by atoms with E-state index in [2.05, 4.69) is 2.51 Å². The molecule has 2 aromatic carbocycles. The highest BCUT2D eigenvalue weighted by Gasteiger charge is 2.20. The number of ether oxygens (including phenoxy) is 1. The summed E-state index contributed by atoms with van der Waals surface area (Å²) in [5.74, 6) is 0.297. The minimum Gasteiger partial charge on any atom is -0.487 e. The first-order valence-corrected chi connectivity index (χ1v) is 8.14. The molecule has 106 valence electrons. The molecule has 0 radical (unpaired) electrons. The Hall–Kier alpha value is -1.12. The summed E-state index contributed by atoms with van der Waals surface area (Å²) in [6, 6.07) is 14.4. The van der Waals surface area contributed by atoms with Gasteiger partial charge < -0.3 is 4.74 Å². The third-order valence-electron chi connectivity index (χ3n) is 2.69. The van der Waals surface area contributed by atoms with Crippen molar-refractivity contribution in [1.82, 2.24) is 0 Å². The van der Waals surface area contributed by atoms with Gasteiger partial charge in [0.25, 0.3) is 0 Å². The molecule has 0 aliphatic heterocycles. The van der Waals surface area contributed by atoms with Crippen LogP contribution in [0.5, 0.6) is 5.75 Å². The van der Waals surface area contributed by atoms with E-state index in [0.717, 1.165) is 11.1 Å². The van der Waals surface area contributed by atoms with Crippen LogP contribution in [0.2, 0.25) is 0 Å². The zero-order chi connectivity index (χ0) is 14.6. The highest BCUT2D eigenvalue weighted by atomic mass is 127. The quantitative estimate of drug-likeness (QED) is 0.715. The van der Waals surface area contributed by atoms with Gasteiger partial charge >= 0.3 is 10.1 Å². The summed E-state index contributed by atoms with van der Waals surface area (Å²) >= 11 is 1.36. The van der Waals surface area contributed by atoms with Crippen LogP contribution in [0.3, 0.4) is 0 Å². The van der Waals surface area contributed by atoms with E-state index in [1.165, 1.54) is 29.1 Å². The predicted molar refractivity (Wildman–Crippen MR) is 84.2 cm³/mol. The van der Waals surface area contributed by atoms with E-state index in [1.807, 2.05) is 37.3 Å². The van der Waals surface area contributed by atoms with Crippen LogP contribution in [0.25, 0.3) is 0 Å². The van der Waals surface area contributed by atoms with E-state index in [-0.39, 0.29) is 4.90 Å². The van der Waals surface area contributed by atoms with E-state index in [9.17, 15) is 8.42 Å². The van der Waals surface area contributed by atoms with Crippen LogP contribution in [-0.4, -0.2) is 8.42 Å². The maximum absolute atomic E-state index is 11.8. The highest BCUT2D eigenvalue weighted by molar-refractivity contribution is 14.1. The summed E-state index contributed by atoms with van der Waals surface area (Å²) in [7, 11) is -3.79. The van der Waals surface area contributed by atoms with Gasteiger partial charge in [-0.15, -0.1) is 0 Å². The first-order valence-electron chi connectivity index (χ1n) is 5.85. The Labute approximate surface area is 132 Å². The van der Waals surface area contributed by atoms with Gasteiger partial charge in [0.2, 0.25) is 0 Å². The maximum Gasteiger partial charge on any atom is 0.309 e. The van der Waals surface area contributed by atoms with E-state index < -0.39 is 10.1 Å². The molecule has 2 aromatic rings. The van der Waals surface area contributed by atoms with E-state index in [1.54, 1.807) is 12.1 Å². The van der Waals surface area contributed by atoms with Crippen molar-refractivity contribution in [2.75, 3.05) is 0 Å². The number of hydrogen-bond donors (Lipinski definition) is 0. The fraction of sp³-hybridized carbons (Fsp3) is 0.143. The van der Waals surface area contributed by atoms with Crippen LogP contribution in [0.1, 0.15) is 11.1 Å². The Morgan fingerprint density at radius 1 is 1.10 bits per heavy atom. The molecule has 0 aromatic heterocycles. The zero-order valence-corrected chi connectivity index (χ0v) is 13.7. The number of hydrogen-bond acceptors (Lipinski definition) is 4. The lowest BCUT2D eigenvalue weighted by Gasteiger charge is -2.11. The van der Waals surface area contributed by atoms with Crippen molar-refractivity contribution >= 4 is 33.1 Å².